The largest absolute Gasteiger partial charge is 0.378 e. The molecule has 6 nitrogen and oxygen atoms in total. The Bertz CT molecular complexity index is 950. The molecule has 3 rings (SSSR count). The summed E-state index contributed by atoms with van der Waals surface area (Å²) in [5.41, 5.74) is 4.03. The van der Waals surface area contributed by atoms with Gasteiger partial charge in [0.2, 0.25) is 5.91 Å². The van der Waals surface area contributed by atoms with Gasteiger partial charge in [0.15, 0.2) is 11.0 Å². The quantitative estimate of drug-likeness (QED) is 0.611. The first-order chi connectivity index (χ1) is 13.5. The molecule has 0 atom stereocenters. The molecule has 0 unspecified atom stereocenters. The SMILES string of the molecule is CCn1c(SCC(=O)Nc2ccccc2C)nnc1-c1ccc(N(C)C)cc1. The number of carbonyl (C=O) groups excluding carboxylic acids is 1. The minimum absolute atomic E-state index is 0.0539. The summed E-state index contributed by atoms with van der Waals surface area (Å²) in [6, 6.07) is 16.0. The van der Waals surface area contributed by atoms with Crippen molar-refractivity contribution in [2.75, 3.05) is 30.1 Å². The summed E-state index contributed by atoms with van der Waals surface area (Å²) < 4.78 is 2.04. The van der Waals surface area contributed by atoms with Crippen LogP contribution >= 0.6 is 11.8 Å². The fourth-order valence-electron chi connectivity index (χ4n) is 2.83. The fourth-order valence-corrected chi connectivity index (χ4v) is 3.63. The zero-order valence-corrected chi connectivity index (χ0v) is 17.5. The third-order valence-corrected chi connectivity index (χ3v) is 5.39. The first kappa shape index (κ1) is 19.9. The van der Waals surface area contributed by atoms with Crippen LogP contribution in [0.1, 0.15) is 12.5 Å². The molecule has 0 bridgehead atoms. The van der Waals surface area contributed by atoms with Gasteiger partial charge >= 0.3 is 0 Å². The molecule has 0 aliphatic rings. The van der Waals surface area contributed by atoms with Crippen LogP contribution in [0.4, 0.5) is 11.4 Å². The summed E-state index contributed by atoms with van der Waals surface area (Å²) >= 11 is 1.40. The highest BCUT2D eigenvalue weighted by molar-refractivity contribution is 7.99. The fraction of sp³-hybridized carbons (Fsp3) is 0.286. The smallest absolute Gasteiger partial charge is 0.234 e. The molecule has 1 N–H and O–H groups in total. The molecule has 2 aromatic carbocycles. The van der Waals surface area contributed by atoms with Gasteiger partial charge in [-0.2, -0.15) is 0 Å². The second-order valence-electron chi connectivity index (χ2n) is 6.64. The van der Waals surface area contributed by atoms with E-state index in [-0.39, 0.29) is 11.7 Å². The van der Waals surface area contributed by atoms with Gasteiger partial charge in [-0.05, 0) is 49.7 Å². The Morgan fingerprint density at radius 1 is 1.11 bits per heavy atom. The van der Waals surface area contributed by atoms with Crippen molar-refractivity contribution in [1.82, 2.24) is 14.8 Å². The lowest BCUT2D eigenvalue weighted by atomic mass is 10.2. The zero-order valence-electron chi connectivity index (χ0n) is 16.6. The van der Waals surface area contributed by atoms with Crippen molar-refractivity contribution in [2.45, 2.75) is 25.5 Å². The van der Waals surface area contributed by atoms with Crippen LogP contribution in [0.5, 0.6) is 0 Å². The van der Waals surface area contributed by atoms with Crippen LogP contribution in [0.3, 0.4) is 0 Å². The molecule has 7 heteroatoms. The van der Waals surface area contributed by atoms with Crippen LogP contribution < -0.4 is 10.2 Å². The number of carbonyl (C=O) groups is 1. The Hall–Kier alpha value is -2.80. The number of amides is 1. The Balaban J connectivity index is 1.70. The van der Waals surface area contributed by atoms with Crippen molar-refractivity contribution in [1.29, 1.82) is 0 Å². The number of aryl methyl sites for hydroxylation is 1. The molecule has 0 spiro atoms. The Labute approximate surface area is 170 Å². The van der Waals surface area contributed by atoms with E-state index < -0.39 is 0 Å². The van der Waals surface area contributed by atoms with E-state index >= 15 is 0 Å². The van der Waals surface area contributed by atoms with E-state index in [9.17, 15) is 4.79 Å². The number of benzene rings is 2. The zero-order chi connectivity index (χ0) is 20.1. The van der Waals surface area contributed by atoms with Crippen LogP contribution in [0.25, 0.3) is 11.4 Å². The number of para-hydroxylation sites is 1. The molecule has 3 aromatic rings. The van der Waals surface area contributed by atoms with Crippen molar-refractivity contribution in [3.05, 3.63) is 54.1 Å². The van der Waals surface area contributed by atoms with Crippen LogP contribution in [0, 0.1) is 6.92 Å². The van der Waals surface area contributed by atoms with Crippen molar-refractivity contribution < 1.29 is 4.79 Å². The average Bonchev–Trinajstić information content (AvgIpc) is 3.11. The molecule has 0 saturated carbocycles. The molecule has 146 valence electrons. The predicted octanol–water partition coefficient (Wildman–Crippen LogP) is 4.07. The van der Waals surface area contributed by atoms with Crippen molar-refractivity contribution in [3.63, 3.8) is 0 Å². The van der Waals surface area contributed by atoms with Gasteiger partial charge in [-0.3, -0.25) is 4.79 Å². The molecule has 0 radical (unpaired) electrons. The molecule has 1 aromatic heterocycles. The predicted molar refractivity (Wildman–Crippen MR) is 116 cm³/mol. The summed E-state index contributed by atoms with van der Waals surface area (Å²) in [5, 5.41) is 12.4. The minimum Gasteiger partial charge on any atom is -0.378 e. The summed E-state index contributed by atoms with van der Waals surface area (Å²) in [5.74, 6) is 1.04. The second kappa shape index (κ2) is 8.93. The third kappa shape index (κ3) is 4.54. The average molecular weight is 396 g/mol. The molecule has 0 aliphatic heterocycles. The molecule has 28 heavy (non-hydrogen) atoms. The Morgan fingerprint density at radius 3 is 2.46 bits per heavy atom. The van der Waals surface area contributed by atoms with E-state index in [1.807, 2.05) is 62.0 Å². The monoisotopic (exact) mass is 395 g/mol. The van der Waals surface area contributed by atoms with E-state index in [1.165, 1.54) is 11.8 Å². The maximum absolute atomic E-state index is 12.3. The molecule has 1 amide bonds. The van der Waals surface area contributed by atoms with Gasteiger partial charge in [-0.25, -0.2) is 0 Å². The van der Waals surface area contributed by atoms with E-state index in [0.29, 0.717) is 0 Å². The maximum Gasteiger partial charge on any atom is 0.234 e. The van der Waals surface area contributed by atoms with Gasteiger partial charge in [0.25, 0.3) is 0 Å². The van der Waals surface area contributed by atoms with Gasteiger partial charge in [0, 0.05) is 37.6 Å². The second-order valence-corrected chi connectivity index (χ2v) is 7.59. The van der Waals surface area contributed by atoms with E-state index in [2.05, 4.69) is 39.5 Å². The first-order valence-electron chi connectivity index (χ1n) is 9.18. The van der Waals surface area contributed by atoms with Crippen LogP contribution in [-0.2, 0) is 11.3 Å². The number of hydrogen-bond acceptors (Lipinski definition) is 5. The summed E-state index contributed by atoms with van der Waals surface area (Å²) in [6.45, 7) is 4.77. The number of nitrogens with one attached hydrogen (secondary N) is 1. The highest BCUT2D eigenvalue weighted by Crippen LogP contribution is 2.26. The van der Waals surface area contributed by atoms with Gasteiger partial charge in [-0.1, -0.05) is 30.0 Å². The molecule has 1 heterocycles. The highest BCUT2D eigenvalue weighted by atomic mass is 32.2. The third-order valence-electron chi connectivity index (χ3n) is 4.43. The van der Waals surface area contributed by atoms with Gasteiger partial charge in [0.05, 0.1) is 5.75 Å². The van der Waals surface area contributed by atoms with Gasteiger partial charge < -0.3 is 14.8 Å². The number of thioether (sulfide) groups is 1. The van der Waals surface area contributed by atoms with Crippen molar-refractivity contribution in [2.24, 2.45) is 0 Å². The first-order valence-corrected chi connectivity index (χ1v) is 10.2. The van der Waals surface area contributed by atoms with Gasteiger partial charge in [0.1, 0.15) is 0 Å². The van der Waals surface area contributed by atoms with Crippen LogP contribution in [0.15, 0.2) is 53.7 Å². The lowest BCUT2D eigenvalue weighted by Gasteiger charge is -2.13. The standard InChI is InChI=1S/C21H25N5OS/c1-5-26-20(16-10-12-17(13-11-16)25(3)4)23-24-21(26)28-14-19(27)22-18-9-7-6-8-15(18)2/h6-13H,5,14H2,1-4H3,(H,22,27). The summed E-state index contributed by atoms with van der Waals surface area (Å²) in [6.07, 6.45) is 0. The highest BCUT2D eigenvalue weighted by Gasteiger charge is 2.15. The summed E-state index contributed by atoms with van der Waals surface area (Å²) in [4.78, 5) is 14.4. The summed E-state index contributed by atoms with van der Waals surface area (Å²) in [7, 11) is 4.03. The van der Waals surface area contributed by atoms with Crippen molar-refractivity contribution >= 4 is 29.0 Å². The molecule has 0 aliphatic carbocycles. The molecular weight excluding hydrogens is 370 g/mol. The maximum atomic E-state index is 12.3. The Morgan fingerprint density at radius 2 is 1.82 bits per heavy atom. The van der Waals surface area contributed by atoms with Crippen LogP contribution in [-0.4, -0.2) is 40.5 Å². The van der Waals surface area contributed by atoms with Gasteiger partial charge in [-0.15, -0.1) is 10.2 Å². The number of nitrogens with zero attached hydrogens (tertiary/aromatic N) is 4. The minimum atomic E-state index is -0.0539. The van der Waals surface area contributed by atoms with Crippen molar-refractivity contribution in [3.8, 4) is 11.4 Å². The van der Waals surface area contributed by atoms with Crippen LogP contribution in [0.2, 0.25) is 0 Å². The lowest BCUT2D eigenvalue weighted by Crippen LogP contribution is -2.15. The van der Waals surface area contributed by atoms with E-state index in [1.54, 1.807) is 0 Å². The number of aromatic nitrogens is 3. The number of rotatable bonds is 7. The Kier molecular flexibility index (Phi) is 6.36. The van der Waals surface area contributed by atoms with E-state index in [4.69, 9.17) is 0 Å². The lowest BCUT2D eigenvalue weighted by molar-refractivity contribution is -0.113. The number of anilines is 2. The van der Waals surface area contributed by atoms with E-state index in [0.717, 1.165) is 40.0 Å². The molecule has 0 fully saturated rings. The molecule has 0 saturated heterocycles. The molecular formula is C21H25N5OS. The number of hydrogen-bond donors (Lipinski definition) is 1. The topological polar surface area (TPSA) is 63.1 Å². The normalized spacial score (nSPS) is 10.7.